The van der Waals surface area contributed by atoms with Gasteiger partial charge in [0, 0.05) is 4.47 Å². The third-order valence-corrected chi connectivity index (χ3v) is 5.55. The molecule has 0 aliphatic carbocycles. The highest BCUT2D eigenvalue weighted by Gasteiger charge is 2.18. The van der Waals surface area contributed by atoms with Gasteiger partial charge in [0.1, 0.15) is 11.3 Å². The molecular formula is C16H11BrCl2N2O2S. The van der Waals surface area contributed by atoms with E-state index in [4.69, 9.17) is 27.9 Å². The number of fused-ring (bicyclic) bond motifs is 1. The monoisotopic (exact) mass is 444 g/mol. The maximum absolute atomic E-state index is 12.6. The minimum atomic E-state index is -0.308. The fraction of sp³-hybridized carbons (Fsp3) is 0.125. The molecule has 124 valence electrons. The Labute approximate surface area is 160 Å². The zero-order chi connectivity index (χ0) is 17.4. The summed E-state index contributed by atoms with van der Waals surface area (Å²) in [6, 6.07) is 7.12. The molecule has 0 spiro atoms. The molecular weight excluding hydrogens is 435 g/mol. The minimum absolute atomic E-state index is 0.308. The summed E-state index contributed by atoms with van der Waals surface area (Å²) in [7, 11) is 1.53. The molecule has 0 aliphatic heterocycles. The Bertz CT molecular complexity index is 959. The van der Waals surface area contributed by atoms with E-state index in [9.17, 15) is 4.79 Å². The number of hydrogen-bond donors (Lipinski definition) is 1. The fourth-order valence-electron chi connectivity index (χ4n) is 2.32. The molecule has 0 bridgehead atoms. The highest BCUT2D eigenvalue weighted by atomic mass is 79.9. The smallest absolute Gasteiger partial charge is 0.261 e. The number of aromatic nitrogens is 1. The van der Waals surface area contributed by atoms with Gasteiger partial charge in [0.25, 0.3) is 5.91 Å². The molecule has 8 heteroatoms. The summed E-state index contributed by atoms with van der Waals surface area (Å²) in [6.45, 7) is 1.87. The number of nitrogens with zero attached hydrogens (tertiary/aromatic N) is 1. The minimum Gasteiger partial charge on any atom is -0.496 e. The number of thiazole rings is 1. The van der Waals surface area contributed by atoms with Crippen LogP contribution in [0.15, 0.2) is 28.7 Å². The first kappa shape index (κ1) is 17.5. The van der Waals surface area contributed by atoms with Crippen molar-refractivity contribution in [2.45, 2.75) is 6.92 Å². The van der Waals surface area contributed by atoms with Gasteiger partial charge in [-0.2, -0.15) is 0 Å². The summed E-state index contributed by atoms with van der Waals surface area (Å²) in [5, 5.41) is 4.04. The van der Waals surface area contributed by atoms with Gasteiger partial charge in [0.2, 0.25) is 0 Å². The summed E-state index contributed by atoms with van der Waals surface area (Å²) < 4.78 is 6.99. The number of carbonyl (C=O) groups excluding carboxylic acids is 1. The van der Waals surface area contributed by atoms with Gasteiger partial charge in [0.15, 0.2) is 5.13 Å². The first-order chi connectivity index (χ1) is 11.4. The predicted molar refractivity (Wildman–Crippen MR) is 103 cm³/mol. The van der Waals surface area contributed by atoms with Crippen molar-refractivity contribution in [3.8, 4) is 5.75 Å². The van der Waals surface area contributed by atoms with Crippen LogP contribution in [0.3, 0.4) is 0 Å². The zero-order valence-electron chi connectivity index (χ0n) is 12.6. The van der Waals surface area contributed by atoms with Crippen molar-refractivity contribution in [1.82, 2.24) is 4.98 Å². The highest BCUT2D eigenvalue weighted by Crippen LogP contribution is 2.36. The lowest BCUT2D eigenvalue weighted by Gasteiger charge is -2.11. The number of carbonyl (C=O) groups is 1. The number of methoxy groups -OCH3 is 1. The second kappa shape index (κ2) is 6.88. The van der Waals surface area contributed by atoms with E-state index in [1.54, 1.807) is 12.1 Å². The van der Waals surface area contributed by atoms with Crippen LogP contribution in [0.25, 0.3) is 10.2 Å². The maximum Gasteiger partial charge on any atom is 0.261 e. The second-order valence-electron chi connectivity index (χ2n) is 4.98. The number of rotatable bonds is 3. The Balaban J connectivity index is 1.97. The third-order valence-electron chi connectivity index (χ3n) is 3.36. The van der Waals surface area contributed by atoms with Crippen LogP contribution < -0.4 is 10.1 Å². The molecule has 3 rings (SSSR count). The van der Waals surface area contributed by atoms with Crippen molar-refractivity contribution in [3.63, 3.8) is 0 Å². The van der Waals surface area contributed by atoms with Gasteiger partial charge in [-0.3, -0.25) is 10.1 Å². The summed E-state index contributed by atoms with van der Waals surface area (Å²) in [5.41, 5.74) is 1.85. The van der Waals surface area contributed by atoms with Gasteiger partial charge in [-0.1, -0.05) is 50.5 Å². The Morgan fingerprint density at radius 2 is 2.08 bits per heavy atom. The van der Waals surface area contributed by atoms with Gasteiger partial charge in [0.05, 0.1) is 27.4 Å². The molecule has 1 heterocycles. The molecule has 0 saturated heterocycles. The normalized spacial score (nSPS) is 10.9. The largest absolute Gasteiger partial charge is 0.496 e. The molecule has 4 nitrogen and oxygen atoms in total. The number of aryl methyl sites for hydroxylation is 1. The predicted octanol–water partition coefficient (Wildman–Crippen LogP) is 5.93. The summed E-state index contributed by atoms with van der Waals surface area (Å²) in [5.74, 6) is 0.218. The van der Waals surface area contributed by atoms with Crippen LogP contribution >= 0.6 is 50.5 Å². The summed E-state index contributed by atoms with van der Waals surface area (Å²) in [4.78, 5) is 17.0. The summed E-state index contributed by atoms with van der Waals surface area (Å²) >= 11 is 16.9. The van der Waals surface area contributed by atoms with Crippen LogP contribution in [0.2, 0.25) is 10.0 Å². The van der Waals surface area contributed by atoms with E-state index in [2.05, 4.69) is 26.2 Å². The molecule has 0 radical (unpaired) electrons. The molecule has 2 aromatic carbocycles. The number of ether oxygens (including phenoxy) is 1. The van der Waals surface area contributed by atoms with E-state index in [1.807, 2.05) is 19.1 Å². The van der Waals surface area contributed by atoms with Crippen molar-refractivity contribution in [2.75, 3.05) is 12.4 Å². The van der Waals surface area contributed by atoms with Gasteiger partial charge in [-0.15, -0.1) is 0 Å². The lowest BCUT2D eigenvalue weighted by atomic mass is 10.1. The Morgan fingerprint density at radius 3 is 2.79 bits per heavy atom. The van der Waals surface area contributed by atoms with E-state index < -0.39 is 0 Å². The zero-order valence-corrected chi connectivity index (χ0v) is 16.5. The number of halogens is 3. The van der Waals surface area contributed by atoms with Crippen LogP contribution in [-0.4, -0.2) is 18.0 Å². The van der Waals surface area contributed by atoms with Gasteiger partial charge in [-0.05, 0) is 36.8 Å². The molecule has 3 aromatic rings. The molecule has 1 amide bonds. The molecule has 1 aromatic heterocycles. The SMILES string of the molecule is COc1c(C)cc(Br)cc1C(=O)Nc1nc2c(Cl)c(Cl)ccc2s1. The van der Waals surface area contributed by atoms with E-state index in [0.29, 0.717) is 32.0 Å². The van der Waals surface area contributed by atoms with Crippen LogP contribution in [0, 0.1) is 6.92 Å². The third kappa shape index (κ3) is 3.24. The lowest BCUT2D eigenvalue weighted by Crippen LogP contribution is -2.13. The quantitative estimate of drug-likeness (QED) is 0.543. The van der Waals surface area contributed by atoms with Crippen LogP contribution in [0.1, 0.15) is 15.9 Å². The van der Waals surface area contributed by atoms with E-state index in [1.165, 1.54) is 18.4 Å². The molecule has 0 atom stereocenters. The lowest BCUT2D eigenvalue weighted by molar-refractivity contribution is 0.102. The highest BCUT2D eigenvalue weighted by molar-refractivity contribution is 9.10. The molecule has 0 saturated carbocycles. The number of nitrogens with one attached hydrogen (secondary N) is 1. The Morgan fingerprint density at radius 1 is 1.33 bits per heavy atom. The van der Waals surface area contributed by atoms with E-state index in [0.717, 1.165) is 14.7 Å². The Hall–Kier alpha value is -1.34. The fourth-order valence-corrected chi connectivity index (χ4v) is 4.18. The van der Waals surface area contributed by atoms with Crippen molar-refractivity contribution in [3.05, 3.63) is 49.9 Å². The number of benzene rings is 2. The van der Waals surface area contributed by atoms with Gasteiger partial charge >= 0.3 is 0 Å². The molecule has 0 aliphatic rings. The van der Waals surface area contributed by atoms with Gasteiger partial charge < -0.3 is 4.74 Å². The van der Waals surface area contributed by atoms with Crippen molar-refractivity contribution < 1.29 is 9.53 Å². The summed E-state index contributed by atoms with van der Waals surface area (Å²) in [6.07, 6.45) is 0. The van der Waals surface area contributed by atoms with E-state index in [-0.39, 0.29) is 5.91 Å². The topological polar surface area (TPSA) is 51.2 Å². The van der Waals surface area contributed by atoms with Crippen LogP contribution in [0.5, 0.6) is 5.75 Å². The number of anilines is 1. The first-order valence-electron chi connectivity index (χ1n) is 6.80. The van der Waals surface area contributed by atoms with Crippen molar-refractivity contribution >= 4 is 71.7 Å². The molecule has 24 heavy (non-hydrogen) atoms. The molecule has 0 unspecified atom stereocenters. The number of amides is 1. The van der Waals surface area contributed by atoms with Crippen LogP contribution in [0.4, 0.5) is 5.13 Å². The molecule has 0 fully saturated rings. The standard InChI is InChI=1S/C16H11BrCl2N2O2S/c1-7-5-8(17)6-9(14(7)23-2)15(22)21-16-20-13-11(24-16)4-3-10(18)12(13)19/h3-6H,1-2H3,(H,20,21,22). The Kier molecular flexibility index (Phi) is 5.01. The molecule has 1 N–H and O–H groups in total. The van der Waals surface area contributed by atoms with Crippen molar-refractivity contribution in [2.24, 2.45) is 0 Å². The average molecular weight is 446 g/mol. The van der Waals surface area contributed by atoms with Crippen molar-refractivity contribution in [1.29, 1.82) is 0 Å². The maximum atomic E-state index is 12.6. The van der Waals surface area contributed by atoms with Gasteiger partial charge in [-0.25, -0.2) is 4.98 Å². The van der Waals surface area contributed by atoms with Crippen LogP contribution in [-0.2, 0) is 0 Å². The number of hydrogen-bond acceptors (Lipinski definition) is 4. The second-order valence-corrected chi connectivity index (χ2v) is 7.72. The average Bonchev–Trinajstić information content (AvgIpc) is 2.93. The van der Waals surface area contributed by atoms with E-state index >= 15 is 0 Å². The first-order valence-corrected chi connectivity index (χ1v) is 9.17.